The minimum Gasteiger partial charge on any atom is -0.396 e. The Kier molecular flexibility index (Phi) is 4.31. The Morgan fingerprint density at radius 3 is 2.71 bits per heavy atom. The first-order valence-corrected chi connectivity index (χ1v) is 5.32. The van der Waals surface area contributed by atoms with Crippen LogP contribution in [-0.4, -0.2) is 59.5 Å². The molecule has 1 aliphatic rings. The van der Waals surface area contributed by atoms with E-state index in [1.807, 2.05) is 0 Å². The van der Waals surface area contributed by atoms with E-state index in [-0.39, 0.29) is 18.8 Å². The molecule has 0 aromatic carbocycles. The Bertz CT molecular complexity index is 178. The summed E-state index contributed by atoms with van der Waals surface area (Å²) in [5.74, 6) is 0. The molecule has 4 heteroatoms. The van der Waals surface area contributed by atoms with Crippen LogP contribution in [0.25, 0.3) is 0 Å². The molecule has 2 atom stereocenters. The minimum absolute atomic E-state index is 0.00993. The maximum atomic E-state index is 9.02. The number of hydrogen-bond acceptors (Lipinski definition) is 4. The second-order valence-electron chi connectivity index (χ2n) is 4.42. The van der Waals surface area contributed by atoms with Crippen molar-refractivity contribution in [1.82, 2.24) is 10.2 Å². The molecule has 0 bridgehead atoms. The average molecular weight is 202 g/mol. The summed E-state index contributed by atoms with van der Waals surface area (Å²) in [6.07, 6.45) is 0.757. The van der Waals surface area contributed by atoms with Gasteiger partial charge in [0.05, 0.1) is 6.61 Å². The SMILES string of the molecule is CC1CN(CCO)C(C)(CCO)CN1. The van der Waals surface area contributed by atoms with Gasteiger partial charge in [0.15, 0.2) is 0 Å². The minimum atomic E-state index is -0.00993. The van der Waals surface area contributed by atoms with Gasteiger partial charge < -0.3 is 15.5 Å². The molecule has 0 aromatic rings. The molecule has 1 fully saturated rings. The summed E-state index contributed by atoms with van der Waals surface area (Å²) in [4.78, 5) is 2.27. The van der Waals surface area contributed by atoms with Gasteiger partial charge in [0, 0.05) is 37.8 Å². The van der Waals surface area contributed by atoms with Gasteiger partial charge in [0.2, 0.25) is 0 Å². The van der Waals surface area contributed by atoms with Gasteiger partial charge in [-0.2, -0.15) is 0 Å². The van der Waals surface area contributed by atoms with E-state index in [1.165, 1.54) is 0 Å². The summed E-state index contributed by atoms with van der Waals surface area (Å²) in [5, 5.41) is 21.4. The largest absolute Gasteiger partial charge is 0.396 e. The lowest BCUT2D eigenvalue weighted by Crippen LogP contribution is -2.63. The third-order valence-electron chi connectivity index (χ3n) is 3.11. The van der Waals surface area contributed by atoms with Crippen LogP contribution in [0.4, 0.5) is 0 Å². The van der Waals surface area contributed by atoms with Gasteiger partial charge in [-0.25, -0.2) is 0 Å². The predicted molar refractivity (Wildman–Crippen MR) is 56.2 cm³/mol. The molecule has 0 spiro atoms. The quantitative estimate of drug-likeness (QED) is 0.570. The zero-order valence-electron chi connectivity index (χ0n) is 9.16. The van der Waals surface area contributed by atoms with Crippen LogP contribution < -0.4 is 5.32 Å². The predicted octanol–water partition coefficient (Wildman–Crippen LogP) is -0.586. The molecule has 1 aliphatic heterocycles. The summed E-state index contributed by atoms with van der Waals surface area (Å²) in [7, 11) is 0. The first kappa shape index (κ1) is 11.9. The fraction of sp³-hybridized carbons (Fsp3) is 1.00. The van der Waals surface area contributed by atoms with Crippen molar-refractivity contribution >= 4 is 0 Å². The van der Waals surface area contributed by atoms with Crippen molar-refractivity contribution in [1.29, 1.82) is 0 Å². The van der Waals surface area contributed by atoms with Gasteiger partial charge in [-0.05, 0) is 20.3 Å². The molecule has 14 heavy (non-hydrogen) atoms. The molecule has 1 heterocycles. The fourth-order valence-corrected chi connectivity index (χ4v) is 2.09. The Morgan fingerprint density at radius 2 is 2.14 bits per heavy atom. The Morgan fingerprint density at radius 1 is 1.43 bits per heavy atom. The van der Waals surface area contributed by atoms with Crippen molar-refractivity contribution in [2.24, 2.45) is 0 Å². The van der Waals surface area contributed by atoms with Crippen LogP contribution in [0.1, 0.15) is 20.3 Å². The number of aliphatic hydroxyl groups is 2. The standard InChI is InChI=1S/C10H22N2O2/c1-9-7-12(4-6-14)10(2,3-5-13)8-11-9/h9,11,13-14H,3-8H2,1-2H3. The van der Waals surface area contributed by atoms with Crippen LogP contribution in [0, 0.1) is 0 Å². The summed E-state index contributed by atoms with van der Waals surface area (Å²) in [5.41, 5.74) is -0.00993. The van der Waals surface area contributed by atoms with Gasteiger partial charge in [-0.15, -0.1) is 0 Å². The van der Waals surface area contributed by atoms with E-state index < -0.39 is 0 Å². The molecule has 4 nitrogen and oxygen atoms in total. The van der Waals surface area contributed by atoms with E-state index in [1.54, 1.807) is 0 Å². The molecular weight excluding hydrogens is 180 g/mol. The fourth-order valence-electron chi connectivity index (χ4n) is 2.09. The van der Waals surface area contributed by atoms with Crippen molar-refractivity contribution in [3.8, 4) is 0 Å². The molecule has 1 rings (SSSR count). The van der Waals surface area contributed by atoms with E-state index in [2.05, 4.69) is 24.1 Å². The molecular formula is C10H22N2O2. The molecule has 0 saturated carbocycles. The lowest BCUT2D eigenvalue weighted by Gasteiger charge is -2.47. The number of nitrogens with zero attached hydrogens (tertiary/aromatic N) is 1. The topological polar surface area (TPSA) is 55.7 Å². The Labute approximate surface area is 85.9 Å². The summed E-state index contributed by atoms with van der Waals surface area (Å²) in [6, 6.07) is 0.466. The third kappa shape index (κ3) is 2.67. The maximum absolute atomic E-state index is 9.02. The highest BCUT2D eigenvalue weighted by atomic mass is 16.3. The molecule has 0 aliphatic carbocycles. The number of nitrogens with one attached hydrogen (secondary N) is 1. The summed E-state index contributed by atoms with van der Waals surface area (Å²) in [6.45, 7) is 7.19. The van der Waals surface area contributed by atoms with E-state index in [0.29, 0.717) is 12.6 Å². The van der Waals surface area contributed by atoms with Crippen molar-refractivity contribution in [3.63, 3.8) is 0 Å². The van der Waals surface area contributed by atoms with Crippen molar-refractivity contribution in [3.05, 3.63) is 0 Å². The van der Waals surface area contributed by atoms with Gasteiger partial charge in [0.25, 0.3) is 0 Å². The Hall–Kier alpha value is -0.160. The van der Waals surface area contributed by atoms with Crippen LogP contribution in [0.5, 0.6) is 0 Å². The van der Waals surface area contributed by atoms with Gasteiger partial charge in [-0.1, -0.05) is 0 Å². The molecule has 84 valence electrons. The van der Waals surface area contributed by atoms with Crippen LogP contribution >= 0.6 is 0 Å². The number of hydrogen-bond donors (Lipinski definition) is 3. The van der Waals surface area contributed by atoms with Crippen molar-refractivity contribution in [2.75, 3.05) is 32.8 Å². The van der Waals surface area contributed by atoms with Crippen LogP contribution in [0.15, 0.2) is 0 Å². The van der Waals surface area contributed by atoms with E-state index >= 15 is 0 Å². The van der Waals surface area contributed by atoms with Crippen molar-refractivity contribution in [2.45, 2.75) is 31.8 Å². The summed E-state index contributed by atoms with van der Waals surface area (Å²) >= 11 is 0. The normalized spacial score (nSPS) is 34.7. The lowest BCUT2D eigenvalue weighted by atomic mass is 9.92. The summed E-state index contributed by atoms with van der Waals surface area (Å²) < 4.78 is 0. The average Bonchev–Trinajstić information content (AvgIpc) is 2.13. The zero-order chi connectivity index (χ0) is 10.6. The van der Waals surface area contributed by atoms with Crippen LogP contribution in [-0.2, 0) is 0 Å². The first-order chi connectivity index (χ1) is 6.62. The molecule has 2 unspecified atom stereocenters. The highest BCUT2D eigenvalue weighted by Gasteiger charge is 2.35. The van der Waals surface area contributed by atoms with Gasteiger partial charge >= 0.3 is 0 Å². The van der Waals surface area contributed by atoms with Gasteiger partial charge in [0.1, 0.15) is 0 Å². The number of piperazine rings is 1. The van der Waals surface area contributed by atoms with E-state index in [9.17, 15) is 0 Å². The second-order valence-corrected chi connectivity index (χ2v) is 4.42. The first-order valence-electron chi connectivity index (χ1n) is 5.32. The molecule has 3 N–H and O–H groups in total. The van der Waals surface area contributed by atoms with Crippen molar-refractivity contribution < 1.29 is 10.2 Å². The molecule has 1 saturated heterocycles. The highest BCUT2D eigenvalue weighted by molar-refractivity contribution is 4.94. The smallest absolute Gasteiger partial charge is 0.0558 e. The number of rotatable bonds is 4. The second kappa shape index (κ2) is 5.07. The molecule has 0 aromatic heterocycles. The van der Waals surface area contributed by atoms with Crippen LogP contribution in [0.2, 0.25) is 0 Å². The van der Waals surface area contributed by atoms with Crippen LogP contribution in [0.3, 0.4) is 0 Å². The maximum Gasteiger partial charge on any atom is 0.0558 e. The lowest BCUT2D eigenvalue weighted by molar-refractivity contribution is 0.0231. The molecule has 0 amide bonds. The monoisotopic (exact) mass is 202 g/mol. The molecule has 0 radical (unpaired) electrons. The highest BCUT2D eigenvalue weighted by Crippen LogP contribution is 2.22. The van der Waals surface area contributed by atoms with Gasteiger partial charge in [-0.3, -0.25) is 4.90 Å². The zero-order valence-corrected chi connectivity index (χ0v) is 9.16. The van der Waals surface area contributed by atoms with E-state index in [4.69, 9.17) is 10.2 Å². The van der Waals surface area contributed by atoms with E-state index in [0.717, 1.165) is 19.5 Å². The number of aliphatic hydroxyl groups excluding tert-OH is 2. The Balaban J connectivity index is 2.60. The number of β-amino-alcohol motifs (C(OH)–C–C–N with tert-alkyl or cyclic N) is 1. The third-order valence-corrected chi connectivity index (χ3v) is 3.11.